The summed E-state index contributed by atoms with van der Waals surface area (Å²) in [5.41, 5.74) is 2.74. The Labute approximate surface area is 115 Å². The minimum absolute atomic E-state index is 0.293. The van der Waals surface area contributed by atoms with Gasteiger partial charge in [-0.2, -0.15) is 5.10 Å². The summed E-state index contributed by atoms with van der Waals surface area (Å²) in [5, 5.41) is 8.04. The second kappa shape index (κ2) is 5.83. The van der Waals surface area contributed by atoms with E-state index >= 15 is 0 Å². The van der Waals surface area contributed by atoms with Gasteiger partial charge in [-0.05, 0) is 20.8 Å². The maximum absolute atomic E-state index is 11.7. The smallest absolute Gasteiger partial charge is 0.360 e. The number of rotatable bonds is 5. The predicted molar refractivity (Wildman–Crippen MR) is 74.0 cm³/mol. The molecule has 2 aromatic rings. The third-order valence-electron chi connectivity index (χ3n) is 2.42. The molecule has 6 nitrogen and oxygen atoms in total. The van der Waals surface area contributed by atoms with Crippen LogP contribution in [0.2, 0.25) is 0 Å². The molecule has 0 aliphatic carbocycles. The number of hydrogen-bond acceptors (Lipinski definition) is 6. The Morgan fingerprint density at radius 3 is 3.00 bits per heavy atom. The number of esters is 1. The molecule has 102 valence electrons. The summed E-state index contributed by atoms with van der Waals surface area (Å²) in [6.07, 6.45) is 3.61. The number of nitrogens with one attached hydrogen (secondary N) is 1. The predicted octanol–water partition coefficient (Wildman–Crippen LogP) is 2.84. The highest BCUT2D eigenvalue weighted by atomic mass is 32.1. The van der Waals surface area contributed by atoms with Gasteiger partial charge in [0.15, 0.2) is 5.69 Å². The van der Waals surface area contributed by atoms with Gasteiger partial charge in [0.05, 0.1) is 24.0 Å². The first-order valence-corrected chi connectivity index (χ1v) is 6.91. The van der Waals surface area contributed by atoms with E-state index in [1.807, 2.05) is 24.7 Å². The van der Waals surface area contributed by atoms with Crippen LogP contribution in [0.1, 0.15) is 37.3 Å². The van der Waals surface area contributed by atoms with Crippen LogP contribution in [0.3, 0.4) is 0 Å². The molecule has 0 radical (unpaired) electrons. The molecular weight excluding hydrogens is 264 g/mol. The Bertz CT molecular complexity index is 562. The lowest BCUT2D eigenvalue weighted by atomic mass is 10.4. The lowest BCUT2D eigenvalue weighted by Gasteiger charge is -2.04. The lowest BCUT2D eigenvalue weighted by Crippen LogP contribution is -2.07. The van der Waals surface area contributed by atoms with E-state index in [4.69, 9.17) is 4.74 Å². The number of thiazole rings is 1. The molecular formula is C12H16N4O2S. The summed E-state index contributed by atoms with van der Waals surface area (Å²) in [4.78, 5) is 15.7. The van der Waals surface area contributed by atoms with E-state index in [-0.39, 0.29) is 0 Å². The average molecular weight is 280 g/mol. The fourth-order valence-electron chi connectivity index (χ4n) is 1.50. The molecule has 0 aliphatic heterocycles. The molecule has 0 atom stereocenters. The van der Waals surface area contributed by atoms with Gasteiger partial charge in [-0.25, -0.2) is 9.78 Å². The van der Waals surface area contributed by atoms with E-state index in [1.165, 1.54) is 11.3 Å². The van der Waals surface area contributed by atoms with Crippen molar-refractivity contribution in [3.8, 4) is 0 Å². The molecule has 2 aromatic heterocycles. The Hall–Kier alpha value is -1.89. The van der Waals surface area contributed by atoms with Crippen molar-refractivity contribution in [2.45, 2.75) is 26.8 Å². The van der Waals surface area contributed by atoms with E-state index in [9.17, 15) is 4.79 Å². The van der Waals surface area contributed by atoms with Gasteiger partial charge in [-0.3, -0.25) is 4.68 Å². The van der Waals surface area contributed by atoms with Crippen LogP contribution in [-0.2, 0) is 4.74 Å². The van der Waals surface area contributed by atoms with E-state index < -0.39 is 5.97 Å². The number of nitrogens with zero attached hydrogens (tertiary/aromatic N) is 3. The summed E-state index contributed by atoms with van der Waals surface area (Å²) in [6.45, 7) is 6.20. The van der Waals surface area contributed by atoms with Crippen LogP contribution in [0.4, 0.5) is 10.7 Å². The minimum atomic E-state index is -0.414. The Kier molecular flexibility index (Phi) is 4.16. The molecule has 0 aromatic carbocycles. The molecule has 2 heterocycles. The molecule has 0 fully saturated rings. The molecule has 1 N–H and O–H groups in total. The summed E-state index contributed by atoms with van der Waals surface area (Å²) < 4.78 is 6.79. The SMILES string of the molecule is CCOC(=O)c1ncsc1Nc1cnn(C(C)C)c1. The fraction of sp³-hybridized carbons (Fsp3) is 0.417. The Balaban J connectivity index is 2.14. The number of ether oxygens (including phenoxy) is 1. The highest BCUT2D eigenvalue weighted by molar-refractivity contribution is 7.14. The van der Waals surface area contributed by atoms with Crippen molar-refractivity contribution < 1.29 is 9.53 Å². The Morgan fingerprint density at radius 1 is 1.58 bits per heavy atom. The zero-order valence-corrected chi connectivity index (χ0v) is 11.9. The topological polar surface area (TPSA) is 69.0 Å². The number of hydrogen-bond donors (Lipinski definition) is 1. The van der Waals surface area contributed by atoms with Crippen molar-refractivity contribution in [1.29, 1.82) is 0 Å². The molecule has 2 rings (SSSR count). The van der Waals surface area contributed by atoms with Crippen molar-refractivity contribution in [2.75, 3.05) is 11.9 Å². The van der Waals surface area contributed by atoms with Crippen LogP contribution < -0.4 is 5.32 Å². The first-order chi connectivity index (χ1) is 9.11. The summed E-state index contributed by atoms with van der Waals surface area (Å²) in [7, 11) is 0. The summed E-state index contributed by atoms with van der Waals surface area (Å²) >= 11 is 1.36. The molecule has 0 saturated heterocycles. The third kappa shape index (κ3) is 3.11. The number of anilines is 2. The van der Waals surface area contributed by atoms with Crippen LogP contribution in [0, 0.1) is 0 Å². The van der Waals surface area contributed by atoms with Gasteiger partial charge >= 0.3 is 5.97 Å². The number of carbonyl (C=O) groups is 1. The molecule has 19 heavy (non-hydrogen) atoms. The van der Waals surface area contributed by atoms with E-state index in [2.05, 4.69) is 15.4 Å². The van der Waals surface area contributed by atoms with Crippen molar-refractivity contribution in [3.63, 3.8) is 0 Å². The van der Waals surface area contributed by atoms with Gasteiger partial charge in [0.1, 0.15) is 5.00 Å². The van der Waals surface area contributed by atoms with Gasteiger partial charge < -0.3 is 10.1 Å². The minimum Gasteiger partial charge on any atom is -0.461 e. The van der Waals surface area contributed by atoms with Gasteiger partial charge in [-0.1, -0.05) is 0 Å². The zero-order chi connectivity index (χ0) is 13.8. The van der Waals surface area contributed by atoms with E-state index in [0.717, 1.165) is 5.69 Å². The average Bonchev–Trinajstić information content (AvgIpc) is 2.99. The highest BCUT2D eigenvalue weighted by Gasteiger charge is 2.16. The molecule has 0 bridgehead atoms. The molecule has 0 spiro atoms. The van der Waals surface area contributed by atoms with Gasteiger partial charge in [0.2, 0.25) is 0 Å². The fourth-order valence-corrected chi connectivity index (χ4v) is 2.18. The summed E-state index contributed by atoms with van der Waals surface area (Å²) in [6, 6.07) is 0.293. The molecule has 0 aliphatic rings. The van der Waals surface area contributed by atoms with E-state index in [0.29, 0.717) is 23.3 Å². The van der Waals surface area contributed by atoms with Gasteiger partial charge in [-0.15, -0.1) is 11.3 Å². The molecule has 0 saturated carbocycles. The third-order valence-corrected chi connectivity index (χ3v) is 3.17. The molecule has 0 amide bonds. The maximum Gasteiger partial charge on any atom is 0.360 e. The monoisotopic (exact) mass is 280 g/mol. The molecule has 7 heteroatoms. The van der Waals surface area contributed by atoms with Crippen molar-refractivity contribution in [2.24, 2.45) is 0 Å². The number of aromatic nitrogens is 3. The van der Waals surface area contributed by atoms with Gasteiger partial charge in [0, 0.05) is 12.2 Å². The first kappa shape index (κ1) is 13.5. The summed E-state index contributed by atoms with van der Waals surface area (Å²) in [5.74, 6) is -0.414. The lowest BCUT2D eigenvalue weighted by molar-refractivity contribution is 0.0521. The maximum atomic E-state index is 11.7. The largest absolute Gasteiger partial charge is 0.461 e. The number of carbonyl (C=O) groups excluding carboxylic acids is 1. The van der Waals surface area contributed by atoms with Crippen LogP contribution in [-0.4, -0.2) is 27.3 Å². The second-order valence-electron chi connectivity index (χ2n) is 4.18. The second-order valence-corrected chi connectivity index (χ2v) is 5.03. The van der Waals surface area contributed by atoms with Gasteiger partial charge in [0.25, 0.3) is 0 Å². The van der Waals surface area contributed by atoms with Crippen molar-refractivity contribution in [1.82, 2.24) is 14.8 Å². The van der Waals surface area contributed by atoms with Crippen LogP contribution in [0.25, 0.3) is 0 Å². The quantitative estimate of drug-likeness (QED) is 0.853. The zero-order valence-electron chi connectivity index (χ0n) is 11.1. The Morgan fingerprint density at radius 2 is 2.37 bits per heavy atom. The standard InChI is InChI=1S/C12H16N4O2S/c1-4-18-12(17)10-11(19-7-13-10)15-9-5-14-16(6-9)8(2)3/h5-8,15H,4H2,1-3H3. The van der Waals surface area contributed by atoms with Crippen molar-refractivity contribution >= 4 is 28.0 Å². The molecule has 0 unspecified atom stereocenters. The van der Waals surface area contributed by atoms with Crippen molar-refractivity contribution in [3.05, 3.63) is 23.6 Å². The first-order valence-electron chi connectivity index (χ1n) is 6.03. The highest BCUT2D eigenvalue weighted by Crippen LogP contribution is 2.25. The normalized spacial score (nSPS) is 10.7. The van der Waals surface area contributed by atoms with E-state index in [1.54, 1.807) is 18.6 Å². The van der Waals surface area contributed by atoms with Crippen LogP contribution >= 0.6 is 11.3 Å². The van der Waals surface area contributed by atoms with Crippen LogP contribution in [0.5, 0.6) is 0 Å². The van der Waals surface area contributed by atoms with Crippen LogP contribution in [0.15, 0.2) is 17.9 Å².